The second kappa shape index (κ2) is 9.44. The Morgan fingerprint density at radius 2 is 1.92 bits per heavy atom. The molecule has 0 saturated carbocycles. The van der Waals surface area contributed by atoms with Gasteiger partial charge in [-0.15, -0.1) is 0 Å². The third kappa shape index (κ3) is 4.40. The van der Waals surface area contributed by atoms with E-state index < -0.39 is 40.6 Å². The van der Waals surface area contributed by atoms with E-state index in [4.69, 9.17) is 14.2 Å². The summed E-state index contributed by atoms with van der Waals surface area (Å²) in [5, 5.41) is 12.3. The number of benzene rings is 1. The van der Waals surface area contributed by atoms with Crippen LogP contribution in [0.1, 0.15) is 77.0 Å². The molecule has 1 fully saturated rings. The Bertz CT molecular complexity index is 1240. The molecule has 1 N–H and O–H groups in total. The zero-order chi connectivity index (χ0) is 28.5. The fraction of sp³-hybridized carbons (Fsp3) is 0.645. The summed E-state index contributed by atoms with van der Waals surface area (Å²) in [5.41, 5.74) is 0.661. The van der Waals surface area contributed by atoms with Crippen LogP contribution < -0.4 is 4.74 Å². The van der Waals surface area contributed by atoms with Gasteiger partial charge in [0.2, 0.25) is 0 Å². The Balaban J connectivity index is 1.48. The number of hydrogen-bond donors (Lipinski definition) is 1. The minimum absolute atomic E-state index is 0.0874. The number of hydrogen-bond acceptors (Lipinski definition) is 8. The Morgan fingerprint density at radius 1 is 1.21 bits per heavy atom. The molecule has 4 aliphatic rings. The van der Waals surface area contributed by atoms with Crippen molar-refractivity contribution in [2.24, 2.45) is 11.8 Å². The summed E-state index contributed by atoms with van der Waals surface area (Å²) in [5.74, 6) is -1.48. The van der Waals surface area contributed by atoms with Crippen molar-refractivity contribution in [3.8, 4) is 5.75 Å². The second-order valence-electron chi connectivity index (χ2n) is 13.1. The molecule has 39 heavy (non-hydrogen) atoms. The highest BCUT2D eigenvalue weighted by molar-refractivity contribution is 5.88. The monoisotopic (exact) mass is 539 g/mol. The molecule has 0 amide bonds. The third-order valence-electron chi connectivity index (χ3n) is 9.05. The van der Waals surface area contributed by atoms with Crippen LogP contribution in [0, 0.1) is 18.8 Å². The number of nitrogens with zero attached hydrogens (tertiary/aromatic N) is 1. The summed E-state index contributed by atoms with van der Waals surface area (Å²) >= 11 is 0. The van der Waals surface area contributed by atoms with E-state index in [1.807, 2.05) is 20.0 Å². The molecule has 212 valence electrons. The zero-order valence-corrected chi connectivity index (χ0v) is 24.1. The second-order valence-corrected chi connectivity index (χ2v) is 13.1. The quantitative estimate of drug-likeness (QED) is 0.523. The first kappa shape index (κ1) is 27.8. The van der Waals surface area contributed by atoms with Crippen LogP contribution in [0.3, 0.4) is 0 Å². The van der Waals surface area contributed by atoms with Gasteiger partial charge < -0.3 is 24.2 Å². The van der Waals surface area contributed by atoms with Crippen LogP contribution in [0.5, 0.6) is 5.75 Å². The number of Topliss-reactive ketones (excluding diaryl/α,β-unsaturated/α-hetero) is 1. The lowest BCUT2D eigenvalue weighted by Crippen LogP contribution is -2.74. The number of aryl methyl sites for hydroxylation is 1. The molecule has 5 rings (SSSR count). The van der Waals surface area contributed by atoms with Gasteiger partial charge in [0, 0.05) is 30.4 Å². The first-order chi connectivity index (χ1) is 18.2. The standard InChI is InChI=1S/C31H41NO7/c1-17(2)21(33)14-20(16-24(34)39-29(4,5)6)28(35)37-22-10-11-31(36)23-15-19-9-8-18(3)26-25(19)30(31,27(22)38-26)12-13-32(23)7/h8-10,17,20,23,27,36H,11-16H2,1-7H3/t20-,23+,27-,30-,31+/m0/s1. The van der Waals surface area contributed by atoms with E-state index in [1.165, 1.54) is 0 Å². The molecule has 0 unspecified atom stereocenters. The largest absolute Gasteiger partial charge is 0.481 e. The molecule has 1 spiro atoms. The maximum Gasteiger partial charge on any atom is 0.315 e. The lowest BCUT2D eigenvalue weighted by Gasteiger charge is -2.61. The highest BCUT2D eigenvalue weighted by Gasteiger charge is 2.71. The van der Waals surface area contributed by atoms with Gasteiger partial charge in [0.05, 0.1) is 23.4 Å². The van der Waals surface area contributed by atoms with Crippen LogP contribution in [-0.2, 0) is 35.7 Å². The van der Waals surface area contributed by atoms with Crippen molar-refractivity contribution >= 4 is 17.7 Å². The van der Waals surface area contributed by atoms with Crippen LogP contribution in [0.2, 0.25) is 0 Å². The Labute approximate surface area is 230 Å². The summed E-state index contributed by atoms with van der Waals surface area (Å²) in [6.45, 7) is 11.6. The number of rotatable bonds is 7. The van der Waals surface area contributed by atoms with Gasteiger partial charge in [-0.05, 0) is 71.3 Å². The molecule has 2 heterocycles. The molecule has 1 aromatic rings. The van der Waals surface area contributed by atoms with Crippen molar-refractivity contribution < 1.29 is 33.7 Å². The van der Waals surface area contributed by atoms with Crippen LogP contribution in [0.25, 0.3) is 0 Å². The van der Waals surface area contributed by atoms with Gasteiger partial charge in [-0.1, -0.05) is 26.0 Å². The van der Waals surface area contributed by atoms with Gasteiger partial charge in [0.15, 0.2) is 6.10 Å². The van der Waals surface area contributed by atoms with Crippen LogP contribution in [0.4, 0.5) is 0 Å². The number of carbonyl (C=O) groups is 3. The Kier molecular flexibility index (Phi) is 6.74. The van der Waals surface area contributed by atoms with Gasteiger partial charge in [-0.2, -0.15) is 0 Å². The first-order valence-electron chi connectivity index (χ1n) is 14.1. The average Bonchev–Trinajstić information content (AvgIpc) is 3.19. The number of esters is 2. The zero-order valence-electron chi connectivity index (χ0n) is 24.1. The minimum atomic E-state index is -1.07. The highest BCUT2D eigenvalue weighted by Crippen LogP contribution is 2.64. The normalized spacial score (nSPS) is 29.7. The molecule has 1 saturated heterocycles. The molecule has 0 aromatic heterocycles. The molecule has 2 bridgehead atoms. The molecule has 5 atom stereocenters. The molecule has 8 nitrogen and oxygen atoms in total. The van der Waals surface area contributed by atoms with Gasteiger partial charge in [-0.25, -0.2) is 0 Å². The van der Waals surface area contributed by atoms with Gasteiger partial charge in [-0.3, -0.25) is 14.4 Å². The van der Waals surface area contributed by atoms with Crippen molar-refractivity contribution in [3.05, 3.63) is 40.7 Å². The summed E-state index contributed by atoms with van der Waals surface area (Å²) in [6, 6.07) is 4.09. The molecule has 0 radical (unpaired) electrons. The van der Waals surface area contributed by atoms with Crippen LogP contribution in [0.15, 0.2) is 24.0 Å². The number of aliphatic hydroxyl groups is 1. The summed E-state index contributed by atoms with van der Waals surface area (Å²) in [7, 11) is 2.05. The summed E-state index contributed by atoms with van der Waals surface area (Å²) in [4.78, 5) is 41.2. The number of likely N-dealkylation sites (tertiary alicyclic amines) is 1. The van der Waals surface area contributed by atoms with Crippen molar-refractivity contribution in [2.75, 3.05) is 13.6 Å². The predicted octanol–water partition coefficient (Wildman–Crippen LogP) is 3.78. The van der Waals surface area contributed by atoms with Crippen molar-refractivity contribution in [2.45, 2.75) is 102 Å². The van der Waals surface area contributed by atoms with E-state index >= 15 is 0 Å². The molecule has 1 aromatic carbocycles. The first-order valence-corrected chi connectivity index (χ1v) is 14.1. The van der Waals surface area contributed by atoms with Gasteiger partial charge >= 0.3 is 11.9 Å². The number of carbonyl (C=O) groups excluding carboxylic acids is 3. The Hall–Kier alpha value is -2.71. The van der Waals surface area contributed by atoms with E-state index in [-0.39, 0.29) is 30.6 Å². The number of ether oxygens (including phenoxy) is 3. The summed E-state index contributed by atoms with van der Waals surface area (Å²) < 4.78 is 18.1. The molecule has 2 aliphatic heterocycles. The minimum Gasteiger partial charge on any atom is -0.481 e. The van der Waals surface area contributed by atoms with E-state index in [2.05, 4.69) is 11.0 Å². The summed E-state index contributed by atoms with van der Waals surface area (Å²) in [6.07, 6.45) is 2.44. The fourth-order valence-electron chi connectivity index (χ4n) is 7.09. The van der Waals surface area contributed by atoms with Crippen molar-refractivity contribution in [1.82, 2.24) is 4.90 Å². The van der Waals surface area contributed by atoms with Crippen molar-refractivity contribution in [3.63, 3.8) is 0 Å². The smallest absolute Gasteiger partial charge is 0.315 e. The van der Waals surface area contributed by atoms with E-state index in [0.29, 0.717) is 18.6 Å². The number of piperidine rings is 1. The van der Waals surface area contributed by atoms with Gasteiger partial charge in [0.1, 0.15) is 22.9 Å². The third-order valence-corrected chi connectivity index (χ3v) is 9.05. The highest BCUT2D eigenvalue weighted by atomic mass is 16.6. The van der Waals surface area contributed by atoms with Crippen LogP contribution >= 0.6 is 0 Å². The molecular formula is C31H41NO7. The SMILES string of the molecule is Cc1ccc2c3c1O[C@H]1C(OC(=O)[C@H](CC(=O)OC(C)(C)C)CC(=O)C(C)C)=CC[C@@]4(O)[C@@H](C2)N(C)CC[C@]314. The average molecular weight is 540 g/mol. The lowest BCUT2D eigenvalue weighted by atomic mass is 9.50. The maximum absolute atomic E-state index is 13.6. The Morgan fingerprint density at radius 3 is 2.59 bits per heavy atom. The van der Waals surface area contributed by atoms with E-state index in [9.17, 15) is 19.5 Å². The van der Waals surface area contributed by atoms with Crippen LogP contribution in [-0.4, -0.2) is 64.7 Å². The molecule has 2 aliphatic carbocycles. The molecule has 8 heteroatoms. The van der Waals surface area contributed by atoms with Gasteiger partial charge in [0.25, 0.3) is 0 Å². The van der Waals surface area contributed by atoms with E-state index in [0.717, 1.165) is 35.4 Å². The number of likely N-dealkylation sites (N-methyl/N-ethyl adjacent to an activating group) is 1. The fourth-order valence-corrected chi connectivity index (χ4v) is 7.09. The predicted molar refractivity (Wildman–Crippen MR) is 144 cm³/mol. The van der Waals surface area contributed by atoms with Crippen molar-refractivity contribution in [1.29, 1.82) is 0 Å². The maximum atomic E-state index is 13.6. The lowest BCUT2D eigenvalue weighted by molar-refractivity contribution is -0.172. The molecular weight excluding hydrogens is 498 g/mol. The topological polar surface area (TPSA) is 102 Å². The number of ketones is 1. The van der Waals surface area contributed by atoms with E-state index in [1.54, 1.807) is 40.7 Å².